The van der Waals surface area contributed by atoms with E-state index in [0.717, 1.165) is 4.90 Å². The molecule has 7 nitrogen and oxygen atoms in total. The lowest BCUT2D eigenvalue weighted by Gasteiger charge is -2.29. The molecule has 1 aromatic rings. The van der Waals surface area contributed by atoms with Crippen molar-refractivity contribution in [1.29, 1.82) is 0 Å². The minimum Gasteiger partial charge on any atom is -0.355 e. The molecular formula is C18H23N3O4. The van der Waals surface area contributed by atoms with Crippen molar-refractivity contribution < 1.29 is 19.2 Å². The summed E-state index contributed by atoms with van der Waals surface area (Å²) < 4.78 is 0. The maximum absolute atomic E-state index is 12.7. The highest BCUT2D eigenvalue weighted by Crippen LogP contribution is 2.28. The van der Waals surface area contributed by atoms with Gasteiger partial charge in [0.1, 0.15) is 6.04 Å². The number of hydrogen-bond donors (Lipinski definition) is 2. The lowest BCUT2D eigenvalue weighted by atomic mass is 9.96. The largest absolute Gasteiger partial charge is 0.355 e. The van der Waals surface area contributed by atoms with Gasteiger partial charge >= 0.3 is 0 Å². The summed E-state index contributed by atoms with van der Waals surface area (Å²) >= 11 is 0. The van der Waals surface area contributed by atoms with Crippen LogP contribution in [0.4, 0.5) is 0 Å². The molecule has 4 amide bonds. The van der Waals surface area contributed by atoms with Crippen molar-refractivity contribution in [1.82, 2.24) is 15.5 Å². The Morgan fingerprint density at radius 1 is 1.04 bits per heavy atom. The van der Waals surface area contributed by atoms with E-state index in [1.807, 2.05) is 13.8 Å². The summed E-state index contributed by atoms with van der Waals surface area (Å²) in [5.41, 5.74) is 0.652. The van der Waals surface area contributed by atoms with Crippen LogP contribution in [0.15, 0.2) is 24.3 Å². The van der Waals surface area contributed by atoms with Crippen LogP contribution in [0.1, 0.15) is 47.9 Å². The average Bonchev–Trinajstić information content (AvgIpc) is 2.84. The minimum absolute atomic E-state index is 0.187. The molecule has 0 bridgehead atoms. The highest BCUT2D eigenvalue weighted by atomic mass is 16.2. The van der Waals surface area contributed by atoms with E-state index in [4.69, 9.17) is 0 Å². The van der Waals surface area contributed by atoms with E-state index in [0.29, 0.717) is 17.5 Å². The van der Waals surface area contributed by atoms with E-state index in [2.05, 4.69) is 10.6 Å². The molecule has 1 heterocycles. The summed E-state index contributed by atoms with van der Waals surface area (Å²) in [6.45, 7) is 5.65. The summed E-state index contributed by atoms with van der Waals surface area (Å²) in [6, 6.07) is 5.70. The van der Waals surface area contributed by atoms with Gasteiger partial charge in [0, 0.05) is 20.0 Å². The second kappa shape index (κ2) is 7.92. The Kier molecular flexibility index (Phi) is 5.90. The van der Waals surface area contributed by atoms with Crippen molar-refractivity contribution >= 4 is 23.6 Å². The predicted octanol–water partition coefficient (Wildman–Crippen LogP) is 0.950. The molecule has 25 heavy (non-hydrogen) atoms. The molecule has 2 unspecified atom stereocenters. The van der Waals surface area contributed by atoms with Gasteiger partial charge in [-0.2, -0.15) is 0 Å². The van der Waals surface area contributed by atoms with Crippen LogP contribution in [0.25, 0.3) is 0 Å². The van der Waals surface area contributed by atoms with Gasteiger partial charge in [0.05, 0.1) is 11.1 Å². The fourth-order valence-corrected chi connectivity index (χ4v) is 2.84. The molecule has 1 aromatic carbocycles. The molecule has 0 radical (unpaired) electrons. The summed E-state index contributed by atoms with van der Waals surface area (Å²) in [5.74, 6) is -1.66. The highest BCUT2D eigenvalue weighted by molar-refractivity contribution is 6.22. The topological polar surface area (TPSA) is 95.6 Å². The quantitative estimate of drug-likeness (QED) is 0.568. The van der Waals surface area contributed by atoms with Crippen LogP contribution in [0.5, 0.6) is 0 Å². The van der Waals surface area contributed by atoms with Crippen molar-refractivity contribution in [3.8, 4) is 0 Å². The van der Waals surface area contributed by atoms with E-state index >= 15 is 0 Å². The zero-order chi connectivity index (χ0) is 18.6. The van der Waals surface area contributed by atoms with Crippen LogP contribution < -0.4 is 10.6 Å². The lowest BCUT2D eigenvalue weighted by molar-refractivity contribution is -0.126. The average molecular weight is 345 g/mol. The molecule has 0 saturated carbocycles. The Labute approximate surface area is 146 Å². The summed E-state index contributed by atoms with van der Waals surface area (Å²) in [5, 5.41) is 5.28. The second-order valence-corrected chi connectivity index (χ2v) is 6.13. The molecule has 0 fully saturated rings. The third kappa shape index (κ3) is 3.87. The number of benzene rings is 1. The van der Waals surface area contributed by atoms with E-state index in [-0.39, 0.29) is 24.9 Å². The van der Waals surface area contributed by atoms with Crippen LogP contribution >= 0.6 is 0 Å². The van der Waals surface area contributed by atoms with Gasteiger partial charge in [-0.25, -0.2) is 0 Å². The molecule has 7 heteroatoms. The second-order valence-electron chi connectivity index (χ2n) is 6.13. The maximum Gasteiger partial charge on any atom is 0.262 e. The SMILES string of the molecule is CCC(C)C(C(=O)NCCNC(C)=O)N1C(=O)c2ccccc2C1=O. The molecule has 1 aliphatic heterocycles. The third-order valence-electron chi connectivity index (χ3n) is 4.35. The van der Waals surface area contributed by atoms with Crippen LogP contribution in [0.3, 0.4) is 0 Å². The summed E-state index contributed by atoms with van der Waals surface area (Å²) in [6.07, 6.45) is 0.636. The van der Waals surface area contributed by atoms with Crippen molar-refractivity contribution in [2.45, 2.75) is 33.2 Å². The summed E-state index contributed by atoms with van der Waals surface area (Å²) in [4.78, 5) is 49.9. The molecule has 2 atom stereocenters. The molecule has 2 rings (SSSR count). The van der Waals surface area contributed by atoms with Gasteiger partial charge in [-0.15, -0.1) is 0 Å². The minimum atomic E-state index is -0.880. The van der Waals surface area contributed by atoms with Crippen LogP contribution in [-0.4, -0.2) is 47.7 Å². The van der Waals surface area contributed by atoms with Gasteiger partial charge in [-0.1, -0.05) is 32.4 Å². The number of fused-ring (bicyclic) bond motifs is 1. The smallest absolute Gasteiger partial charge is 0.262 e. The van der Waals surface area contributed by atoms with Gasteiger partial charge in [0.2, 0.25) is 11.8 Å². The number of amides is 4. The van der Waals surface area contributed by atoms with E-state index in [9.17, 15) is 19.2 Å². The Morgan fingerprint density at radius 3 is 2.04 bits per heavy atom. The molecule has 0 aliphatic carbocycles. The zero-order valence-corrected chi connectivity index (χ0v) is 14.7. The number of hydrogen-bond acceptors (Lipinski definition) is 4. The first-order chi connectivity index (χ1) is 11.9. The van der Waals surface area contributed by atoms with Crippen molar-refractivity contribution in [2.75, 3.05) is 13.1 Å². The van der Waals surface area contributed by atoms with Crippen molar-refractivity contribution in [3.05, 3.63) is 35.4 Å². The zero-order valence-electron chi connectivity index (χ0n) is 14.7. The van der Waals surface area contributed by atoms with Crippen LogP contribution in [0.2, 0.25) is 0 Å². The molecule has 2 N–H and O–H groups in total. The number of imide groups is 1. The fraction of sp³-hybridized carbons (Fsp3) is 0.444. The monoisotopic (exact) mass is 345 g/mol. The molecular weight excluding hydrogens is 322 g/mol. The first-order valence-electron chi connectivity index (χ1n) is 8.37. The number of rotatable bonds is 7. The fourth-order valence-electron chi connectivity index (χ4n) is 2.84. The molecule has 1 aliphatic rings. The first-order valence-corrected chi connectivity index (χ1v) is 8.37. The number of nitrogens with one attached hydrogen (secondary N) is 2. The van der Waals surface area contributed by atoms with Crippen LogP contribution in [-0.2, 0) is 9.59 Å². The number of carbonyl (C=O) groups excluding carboxylic acids is 4. The normalized spacial score (nSPS) is 15.6. The standard InChI is InChI=1S/C18H23N3O4/c1-4-11(2)15(16(23)20-10-9-19-12(3)22)21-17(24)13-7-5-6-8-14(13)18(21)25/h5-8,11,15H,4,9-10H2,1-3H3,(H,19,22)(H,20,23). The van der Waals surface area contributed by atoms with E-state index < -0.39 is 23.8 Å². The maximum atomic E-state index is 12.7. The summed E-state index contributed by atoms with van der Waals surface area (Å²) in [7, 11) is 0. The molecule has 0 aromatic heterocycles. The van der Waals surface area contributed by atoms with E-state index in [1.54, 1.807) is 24.3 Å². The number of carbonyl (C=O) groups is 4. The van der Waals surface area contributed by atoms with Gasteiger partial charge in [0.25, 0.3) is 11.8 Å². The van der Waals surface area contributed by atoms with E-state index in [1.165, 1.54) is 6.92 Å². The Bertz CT molecular complexity index is 666. The molecule has 0 saturated heterocycles. The molecule has 134 valence electrons. The Balaban J connectivity index is 2.18. The Morgan fingerprint density at radius 2 is 1.56 bits per heavy atom. The van der Waals surface area contributed by atoms with Gasteiger partial charge < -0.3 is 10.6 Å². The molecule has 0 spiro atoms. The number of nitrogens with zero attached hydrogens (tertiary/aromatic N) is 1. The van der Waals surface area contributed by atoms with Crippen LogP contribution in [0, 0.1) is 5.92 Å². The van der Waals surface area contributed by atoms with Gasteiger partial charge in [-0.3, -0.25) is 24.1 Å². The van der Waals surface area contributed by atoms with Gasteiger partial charge in [-0.05, 0) is 18.1 Å². The van der Waals surface area contributed by atoms with Crippen molar-refractivity contribution in [2.24, 2.45) is 5.92 Å². The predicted molar refractivity (Wildman–Crippen MR) is 91.9 cm³/mol. The first kappa shape index (κ1) is 18.6. The lowest BCUT2D eigenvalue weighted by Crippen LogP contribution is -2.53. The van der Waals surface area contributed by atoms with Crippen molar-refractivity contribution in [3.63, 3.8) is 0 Å². The highest BCUT2D eigenvalue weighted by Gasteiger charge is 2.44. The van der Waals surface area contributed by atoms with Gasteiger partial charge in [0.15, 0.2) is 0 Å². The third-order valence-corrected chi connectivity index (χ3v) is 4.35. The Hall–Kier alpha value is -2.70.